The van der Waals surface area contributed by atoms with Crippen LogP contribution in [0.15, 0.2) is 23.1 Å². The smallest absolute Gasteiger partial charge is 0.405 e. The summed E-state index contributed by atoms with van der Waals surface area (Å²) in [6.07, 6.45) is -3.12. The van der Waals surface area contributed by atoms with Crippen LogP contribution in [0.25, 0.3) is 0 Å². The van der Waals surface area contributed by atoms with Gasteiger partial charge in [0.25, 0.3) is 0 Å². The number of thioether (sulfide) groups is 1. The van der Waals surface area contributed by atoms with E-state index in [1.807, 2.05) is 0 Å². The minimum Gasteiger partial charge on any atom is -0.405 e. The van der Waals surface area contributed by atoms with Gasteiger partial charge < -0.3 is 4.74 Å². The van der Waals surface area contributed by atoms with Gasteiger partial charge in [0.1, 0.15) is 5.75 Å². The Balaban J connectivity index is 3.08. The number of benzene rings is 1. The Bertz CT molecular complexity index is 446. The topological polar surface area (TPSA) is 26.3 Å². The quantitative estimate of drug-likeness (QED) is 0.464. The summed E-state index contributed by atoms with van der Waals surface area (Å²) in [6.45, 7) is 1.65. The molecule has 0 radical (unpaired) electrons. The SMILES string of the molecule is CSc1cc(C(=O)C(C)Br)ccc1OC(F)(F)F. The molecule has 0 saturated heterocycles. The van der Waals surface area contributed by atoms with E-state index in [-0.39, 0.29) is 21.3 Å². The summed E-state index contributed by atoms with van der Waals surface area (Å²) in [5.41, 5.74) is 0.346. The first-order valence-corrected chi connectivity index (χ1v) is 7.00. The van der Waals surface area contributed by atoms with Gasteiger partial charge >= 0.3 is 6.36 Å². The van der Waals surface area contributed by atoms with E-state index in [9.17, 15) is 18.0 Å². The molecule has 1 unspecified atom stereocenters. The fourth-order valence-electron chi connectivity index (χ4n) is 1.26. The molecule has 1 aromatic rings. The average molecular weight is 343 g/mol. The molecule has 0 aliphatic rings. The predicted octanol–water partition coefficient (Wildman–Crippen LogP) is 4.27. The number of halogens is 4. The normalized spacial score (nSPS) is 13.2. The van der Waals surface area contributed by atoms with Crippen LogP contribution in [0.3, 0.4) is 0 Å². The minimum absolute atomic E-state index is 0.191. The number of rotatable bonds is 4. The number of ketones is 1. The lowest BCUT2D eigenvalue weighted by Crippen LogP contribution is -2.18. The van der Waals surface area contributed by atoms with Crippen LogP contribution in [0.1, 0.15) is 17.3 Å². The van der Waals surface area contributed by atoms with E-state index >= 15 is 0 Å². The van der Waals surface area contributed by atoms with E-state index in [4.69, 9.17) is 0 Å². The van der Waals surface area contributed by atoms with Crippen molar-refractivity contribution in [2.24, 2.45) is 0 Å². The first kappa shape index (κ1) is 15.4. The molecular formula is C11H10BrF3O2S. The van der Waals surface area contributed by atoms with E-state index < -0.39 is 6.36 Å². The van der Waals surface area contributed by atoms with Crippen molar-refractivity contribution in [2.75, 3.05) is 6.26 Å². The molecular weight excluding hydrogens is 333 g/mol. The maximum absolute atomic E-state index is 12.1. The lowest BCUT2D eigenvalue weighted by atomic mass is 10.1. The van der Waals surface area contributed by atoms with Gasteiger partial charge in [-0.2, -0.15) is 0 Å². The average Bonchev–Trinajstić information content (AvgIpc) is 2.26. The van der Waals surface area contributed by atoms with Gasteiger partial charge in [-0.3, -0.25) is 4.79 Å². The van der Waals surface area contributed by atoms with Gasteiger partial charge in [-0.25, -0.2) is 0 Å². The highest BCUT2D eigenvalue weighted by Gasteiger charge is 2.32. The summed E-state index contributed by atoms with van der Waals surface area (Å²) in [5.74, 6) is -0.488. The summed E-state index contributed by atoms with van der Waals surface area (Å²) in [4.78, 5) is 11.6. The van der Waals surface area contributed by atoms with E-state index in [1.165, 1.54) is 12.1 Å². The van der Waals surface area contributed by atoms with Crippen LogP contribution >= 0.6 is 27.7 Å². The zero-order valence-electron chi connectivity index (χ0n) is 9.55. The highest BCUT2D eigenvalue weighted by Crippen LogP contribution is 2.33. The molecule has 0 amide bonds. The fraction of sp³-hybridized carbons (Fsp3) is 0.364. The van der Waals surface area contributed by atoms with Crippen molar-refractivity contribution in [3.63, 3.8) is 0 Å². The van der Waals surface area contributed by atoms with Crippen LogP contribution in [0.2, 0.25) is 0 Å². The molecule has 2 nitrogen and oxygen atoms in total. The highest BCUT2D eigenvalue weighted by molar-refractivity contribution is 9.10. The Morgan fingerprint density at radius 1 is 1.44 bits per heavy atom. The van der Waals surface area contributed by atoms with E-state index in [1.54, 1.807) is 13.2 Å². The number of hydrogen-bond acceptors (Lipinski definition) is 3. The summed E-state index contributed by atoms with van der Waals surface area (Å²) in [6, 6.07) is 3.87. The molecule has 0 aliphatic carbocycles. The van der Waals surface area contributed by atoms with Gasteiger partial charge in [-0.05, 0) is 31.4 Å². The highest BCUT2D eigenvalue weighted by atomic mass is 79.9. The number of ether oxygens (including phenoxy) is 1. The maximum atomic E-state index is 12.1. The molecule has 1 rings (SSSR count). The third-order valence-electron chi connectivity index (χ3n) is 2.04. The molecule has 0 bridgehead atoms. The molecule has 0 heterocycles. The van der Waals surface area contributed by atoms with Gasteiger partial charge in [-0.1, -0.05) is 15.9 Å². The molecule has 7 heteroatoms. The Morgan fingerprint density at radius 3 is 2.50 bits per heavy atom. The number of Topliss-reactive ketones (excluding diaryl/α,β-unsaturated/α-hetero) is 1. The molecule has 18 heavy (non-hydrogen) atoms. The maximum Gasteiger partial charge on any atom is 0.573 e. The largest absolute Gasteiger partial charge is 0.573 e. The minimum atomic E-state index is -4.74. The second-order valence-electron chi connectivity index (χ2n) is 3.39. The molecule has 0 aromatic heterocycles. The molecule has 0 spiro atoms. The second kappa shape index (κ2) is 5.97. The van der Waals surface area contributed by atoms with Crippen LogP contribution in [-0.2, 0) is 0 Å². The zero-order valence-corrected chi connectivity index (χ0v) is 11.9. The molecule has 0 saturated carbocycles. The summed E-state index contributed by atoms with van der Waals surface area (Å²) >= 11 is 4.21. The Hall–Kier alpha value is -0.690. The molecule has 0 N–H and O–H groups in total. The van der Waals surface area contributed by atoms with Gasteiger partial charge in [0, 0.05) is 5.56 Å². The van der Waals surface area contributed by atoms with Crippen molar-refractivity contribution >= 4 is 33.5 Å². The monoisotopic (exact) mass is 342 g/mol. The Kier molecular flexibility index (Phi) is 5.10. The van der Waals surface area contributed by atoms with Crippen molar-refractivity contribution < 1.29 is 22.7 Å². The van der Waals surface area contributed by atoms with Gasteiger partial charge in [0.2, 0.25) is 0 Å². The van der Waals surface area contributed by atoms with Crippen LogP contribution < -0.4 is 4.74 Å². The van der Waals surface area contributed by atoms with Crippen molar-refractivity contribution in [1.29, 1.82) is 0 Å². The van der Waals surface area contributed by atoms with E-state index in [2.05, 4.69) is 20.7 Å². The van der Waals surface area contributed by atoms with Gasteiger partial charge in [0.05, 0.1) is 9.72 Å². The van der Waals surface area contributed by atoms with E-state index in [0.29, 0.717) is 5.56 Å². The van der Waals surface area contributed by atoms with Crippen LogP contribution in [-0.4, -0.2) is 23.2 Å². The third-order valence-corrected chi connectivity index (χ3v) is 3.21. The van der Waals surface area contributed by atoms with Crippen LogP contribution in [0.4, 0.5) is 13.2 Å². The fourth-order valence-corrected chi connectivity index (χ4v) is 2.08. The van der Waals surface area contributed by atoms with Gasteiger partial charge in [0.15, 0.2) is 5.78 Å². The lowest BCUT2D eigenvalue weighted by molar-refractivity contribution is -0.275. The molecule has 1 atom stereocenters. The van der Waals surface area contributed by atoms with Crippen molar-refractivity contribution in [3.05, 3.63) is 23.8 Å². The third kappa shape index (κ3) is 4.20. The first-order chi connectivity index (χ1) is 8.24. The van der Waals surface area contributed by atoms with Crippen molar-refractivity contribution in [1.82, 2.24) is 0 Å². The lowest BCUT2D eigenvalue weighted by Gasteiger charge is -2.13. The molecule has 100 valence electrons. The Morgan fingerprint density at radius 2 is 2.06 bits per heavy atom. The standard InChI is InChI=1S/C11H10BrF3O2S/c1-6(12)10(16)7-3-4-8(9(5-7)18-2)17-11(13,14)15/h3-6H,1-2H3. The van der Waals surface area contributed by atoms with Gasteiger partial charge in [-0.15, -0.1) is 24.9 Å². The van der Waals surface area contributed by atoms with E-state index in [0.717, 1.165) is 17.8 Å². The zero-order chi connectivity index (χ0) is 13.9. The number of alkyl halides is 4. The molecule has 0 aliphatic heterocycles. The van der Waals surface area contributed by atoms with Crippen LogP contribution in [0.5, 0.6) is 5.75 Å². The molecule has 0 fully saturated rings. The summed E-state index contributed by atoms with van der Waals surface area (Å²) in [5, 5.41) is 0. The van der Waals surface area contributed by atoms with Crippen molar-refractivity contribution in [3.8, 4) is 5.75 Å². The van der Waals surface area contributed by atoms with Crippen LogP contribution in [0, 0.1) is 0 Å². The van der Waals surface area contributed by atoms with Crippen molar-refractivity contribution in [2.45, 2.75) is 23.0 Å². The predicted molar refractivity (Wildman–Crippen MR) is 67.6 cm³/mol. The first-order valence-electron chi connectivity index (χ1n) is 4.86. The summed E-state index contributed by atoms with van der Waals surface area (Å²) < 4.78 is 40.3. The Labute approximate surface area is 115 Å². The number of carbonyl (C=O) groups is 1. The molecule has 1 aromatic carbocycles. The number of carbonyl (C=O) groups excluding carboxylic acids is 1. The second-order valence-corrected chi connectivity index (χ2v) is 5.62. The number of hydrogen-bond donors (Lipinski definition) is 0. The summed E-state index contributed by atoms with van der Waals surface area (Å²) in [7, 11) is 0.